The minimum Gasteiger partial charge on any atom is -0.507 e. The Kier molecular flexibility index (Phi) is 4.67. The molecule has 0 bridgehead atoms. The number of ketones is 1. The summed E-state index contributed by atoms with van der Waals surface area (Å²) in [6.07, 6.45) is 0. The van der Waals surface area contributed by atoms with E-state index in [2.05, 4.69) is 0 Å². The zero-order valence-electron chi connectivity index (χ0n) is 14.7. The lowest BCUT2D eigenvalue weighted by atomic mass is 9.95. The van der Waals surface area contributed by atoms with E-state index in [1.54, 1.807) is 48.5 Å². The van der Waals surface area contributed by atoms with Gasteiger partial charge in [0.1, 0.15) is 5.76 Å². The number of amides is 1. The van der Waals surface area contributed by atoms with Crippen LogP contribution < -0.4 is 9.47 Å². The summed E-state index contributed by atoms with van der Waals surface area (Å²) in [7, 11) is 4.57. The van der Waals surface area contributed by atoms with Gasteiger partial charge >= 0.3 is 0 Å². The van der Waals surface area contributed by atoms with Crippen LogP contribution in [0, 0.1) is 0 Å². The monoisotopic (exact) mass is 353 g/mol. The fourth-order valence-corrected chi connectivity index (χ4v) is 3.11. The second-order valence-corrected chi connectivity index (χ2v) is 5.89. The molecule has 1 aliphatic rings. The van der Waals surface area contributed by atoms with Crippen LogP contribution in [0.25, 0.3) is 5.76 Å². The first-order valence-corrected chi connectivity index (χ1v) is 8.01. The standard InChI is InChI=1S/C20H19NO5/c1-21-17(13-9-10-14(25-2)15(11-13)26-3)16(19(23)20(21)24)18(22)12-7-5-4-6-8-12/h4-11,17,22H,1-3H3/b18-16+. The Balaban J connectivity index is 2.17. The van der Waals surface area contributed by atoms with Gasteiger partial charge in [-0.1, -0.05) is 36.4 Å². The minimum absolute atomic E-state index is 0.0518. The molecular formula is C20H19NO5. The third-order valence-electron chi connectivity index (χ3n) is 4.45. The molecule has 1 saturated heterocycles. The largest absolute Gasteiger partial charge is 0.507 e. The van der Waals surface area contributed by atoms with Crippen molar-refractivity contribution in [3.63, 3.8) is 0 Å². The normalized spacial score (nSPS) is 18.9. The molecule has 0 aliphatic carbocycles. The average Bonchev–Trinajstić information content (AvgIpc) is 2.91. The van der Waals surface area contributed by atoms with Gasteiger partial charge in [-0.2, -0.15) is 0 Å². The quantitative estimate of drug-likeness (QED) is 0.520. The van der Waals surface area contributed by atoms with Crippen LogP contribution in [0.15, 0.2) is 54.1 Å². The molecule has 1 heterocycles. The number of hydrogen-bond donors (Lipinski definition) is 1. The first-order valence-electron chi connectivity index (χ1n) is 8.01. The molecule has 6 heteroatoms. The van der Waals surface area contributed by atoms with Gasteiger partial charge in [-0.25, -0.2) is 0 Å². The fraction of sp³-hybridized carbons (Fsp3) is 0.200. The molecule has 1 amide bonds. The number of aliphatic hydroxyl groups is 1. The molecule has 1 unspecified atom stereocenters. The topological polar surface area (TPSA) is 76.1 Å². The number of ether oxygens (including phenoxy) is 2. The van der Waals surface area contributed by atoms with Gasteiger partial charge in [-0.3, -0.25) is 9.59 Å². The van der Waals surface area contributed by atoms with Crippen molar-refractivity contribution in [2.45, 2.75) is 6.04 Å². The van der Waals surface area contributed by atoms with Gasteiger partial charge in [0.15, 0.2) is 11.5 Å². The molecule has 2 aromatic carbocycles. The molecule has 1 atom stereocenters. The Morgan fingerprint density at radius 3 is 2.27 bits per heavy atom. The van der Waals surface area contributed by atoms with Crippen LogP contribution in [0.2, 0.25) is 0 Å². The number of nitrogens with zero attached hydrogens (tertiary/aromatic N) is 1. The van der Waals surface area contributed by atoms with Gasteiger partial charge in [0.2, 0.25) is 0 Å². The molecule has 0 radical (unpaired) electrons. The molecule has 2 aromatic rings. The predicted molar refractivity (Wildman–Crippen MR) is 96.1 cm³/mol. The summed E-state index contributed by atoms with van der Waals surface area (Å²) in [5, 5.41) is 10.7. The molecule has 1 N–H and O–H groups in total. The number of likely N-dealkylation sites (tertiary alicyclic amines) is 1. The summed E-state index contributed by atoms with van der Waals surface area (Å²) < 4.78 is 10.5. The van der Waals surface area contributed by atoms with E-state index in [0.717, 1.165) is 0 Å². The highest BCUT2D eigenvalue weighted by atomic mass is 16.5. The highest BCUT2D eigenvalue weighted by Gasteiger charge is 2.44. The van der Waals surface area contributed by atoms with Crippen molar-refractivity contribution in [1.29, 1.82) is 0 Å². The zero-order valence-corrected chi connectivity index (χ0v) is 14.7. The van der Waals surface area contributed by atoms with E-state index in [0.29, 0.717) is 22.6 Å². The molecule has 0 spiro atoms. The van der Waals surface area contributed by atoms with Crippen molar-refractivity contribution in [1.82, 2.24) is 4.90 Å². The van der Waals surface area contributed by atoms with E-state index in [-0.39, 0.29) is 11.3 Å². The van der Waals surface area contributed by atoms with E-state index < -0.39 is 17.7 Å². The number of methoxy groups -OCH3 is 2. The minimum atomic E-state index is -0.714. The number of likely N-dealkylation sites (N-methyl/N-ethyl adjacent to an activating group) is 1. The summed E-state index contributed by atoms with van der Waals surface area (Å²) in [5.74, 6) is -0.569. The molecule has 1 fully saturated rings. The first-order chi connectivity index (χ1) is 12.5. The van der Waals surface area contributed by atoms with Crippen molar-refractivity contribution in [2.24, 2.45) is 0 Å². The highest BCUT2D eigenvalue weighted by molar-refractivity contribution is 6.46. The molecule has 134 valence electrons. The fourth-order valence-electron chi connectivity index (χ4n) is 3.11. The SMILES string of the molecule is COc1ccc(C2/C(=C(\O)c3ccccc3)C(=O)C(=O)N2C)cc1OC. The Labute approximate surface area is 151 Å². The van der Waals surface area contributed by atoms with Gasteiger partial charge in [-0.15, -0.1) is 0 Å². The van der Waals surface area contributed by atoms with Crippen LogP contribution in [0.1, 0.15) is 17.2 Å². The average molecular weight is 353 g/mol. The van der Waals surface area contributed by atoms with Gasteiger partial charge in [0, 0.05) is 12.6 Å². The van der Waals surface area contributed by atoms with Crippen LogP contribution in [0.5, 0.6) is 11.5 Å². The second kappa shape index (κ2) is 6.92. The van der Waals surface area contributed by atoms with E-state index in [4.69, 9.17) is 9.47 Å². The molecule has 6 nitrogen and oxygen atoms in total. The van der Waals surface area contributed by atoms with Gasteiger partial charge < -0.3 is 19.5 Å². The van der Waals surface area contributed by atoms with E-state index in [1.165, 1.54) is 26.2 Å². The number of benzene rings is 2. The number of Topliss-reactive ketones (excluding diaryl/α,β-unsaturated/α-hetero) is 1. The molecule has 3 rings (SSSR count). The smallest absolute Gasteiger partial charge is 0.295 e. The van der Waals surface area contributed by atoms with Crippen LogP contribution in [0.3, 0.4) is 0 Å². The van der Waals surface area contributed by atoms with Crippen molar-refractivity contribution in [3.8, 4) is 11.5 Å². The highest BCUT2D eigenvalue weighted by Crippen LogP contribution is 2.40. The van der Waals surface area contributed by atoms with E-state index in [1.807, 2.05) is 0 Å². The Morgan fingerprint density at radius 2 is 1.65 bits per heavy atom. The molecule has 26 heavy (non-hydrogen) atoms. The van der Waals surface area contributed by atoms with Crippen LogP contribution in [-0.2, 0) is 9.59 Å². The number of hydrogen-bond acceptors (Lipinski definition) is 5. The lowest BCUT2D eigenvalue weighted by molar-refractivity contribution is -0.139. The lowest BCUT2D eigenvalue weighted by Crippen LogP contribution is -2.24. The van der Waals surface area contributed by atoms with Crippen LogP contribution >= 0.6 is 0 Å². The van der Waals surface area contributed by atoms with Gasteiger partial charge in [0.25, 0.3) is 11.7 Å². The van der Waals surface area contributed by atoms with Crippen molar-refractivity contribution in [3.05, 3.63) is 65.2 Å². The third-order valence-corrected chi connectivity index (χ3v) is 4.45. The summed E-state index contributed by atoms with van der Waals surface area (Å²) >= 11 is 0. The Bertz CT molecular complexity index is 888. The van der Waals surface area contributed by atoms with Crippen LogP contribution in [0.4, 0.5) is 0 Å². The number of rotatable bonds is 4. The summed E-state index contributed by atoms with van der Waals surface area (Å²) in [6.45, 7) is 0. The lowest BCUT2D eigenvalue weighted by Gasteiger charge is -2.22. The summed E-state index contributed by atoms with van der Waals surface area (Å²) in [5.41, 5.74) is 1.17. The number of carbonyl (C=O) groups excluding carboxylic acids is 2. The van der Waals surface area contributed by atoms with Gasteiger partial charge in [-0.05, 0) is 17.7 Å². The maximum Gasteiger partial charge on any atom is 0.295 e. The first kappa shape index (κ1) is 17.5. The maximum atomic E-state index is 12.5. The zero-order chi connectivity index (χ0) is 18.8. The molecule has 0 saturated carbocycles. The predicted octanol–water partition coefficient (Wildman–Crippen LogP) is 2.76. The maximum absolute atomic E-state index is 12.5. The van der Waals surface area contributed by atoms with Crippen LogP contribution in [-0.4, -0.2) is 43.0 Å². The number of aliphatic hydroxyl groups excluding tert-OH is 1. The number of carbonyl (C=O) groups is 2. The molecular weight excluding hydrogens is 334 g/mol. The second-order valence-electron chi connectivity index (χ2n) is 5.89. The van der Waals surface area contributed by atoms with Crippen molar-refractivity contribution >= 4 is 17.4 Å². The van der Waals surface area contributed by atoms with Crippen molar-refractivity contribution in [2.75, 3.05) is 21.3 Å². The van der Waals surface area contributed by atoms with Gasteiger partial charge in [0.05, 0.1) is 25.8 Å². The van der Waals surface area contributed by atoms with E-state index >= 15 is 0 Å². The third kappa shape index (κ3) is 2.79. The van der Waals surface area contributed by atoms with E-state index in [9.17, 15) is 14.7 Å². The molecule has 1 aliphatic heterocycles. The summed E-state index contributed by atoms with van der Waals surface area (Å²) in [6, 6.07) is 13.1. The molecule has 0 aromatic heterocycles. The Hall–Kier alpha value is -3.28. The van der Waals surface area contributed by atoms with Crippen molar-refractivity contribution < 1.29 is 24.2 Å². The summed E-state index contributed by atoms with van der Waals surface area (Å²) in [4.78, 5) is 26.1. The Morgan fingerprint density at radius 1 is 1.00 bits per heavy atom.